The Morgan fingerprint density at radius 3 is 2.38 bits per heavy atom. The monoisotopic (exact) mass is 384 g/mol. The number of carbonyl (C=O) groups is 2. The lowest BCUT2D eigenvalue weighted by Gasteiger charge is -2.35. The molecule has 7 nitrogen and oxygen atoms in total. The van der Waals surface area contributed by atoms with Crippen LogP contribution in [0.2, 0.25) is 0 Å². The molecule has 1 aliphatic heterocycles. The lowest BCUT2D eigenvalue weighted by Crippen LogP contribution is -2.52. The second-order valence-electron chi connectivity index (χ2n) is 6.21. The van der Waals surface area contributed by atoms with Gasteiger partial charge in [-0.3, -0.25) is 14.5 Å². The molecule has 0 radical (unpaired) electrons. The number of nitrogens with two attached hydrogens (primary N) is 1. The molecule has 2 fully saturated rings. The number of piperazine rings is 1. The third kappa shape index (κ3) is 7.11. The Kier molecular flexibility index (Phi) is 11.6. The smallest absolute Gasteiger partial charge is 0.234 e. The minimum absolute atomic E-state index is 0. The second-order valence-corrected chi connectivity index (χ2v) is 6.21. The zero-order valence-corrected chi connectivity index (χ0v) is 15.9. The molecule has 1 saturated heterocycles. The van der Waals surface area contributed by atoms with Gasteiger partial charge in [0.25, 0.3) is 0 Å². The topological polar surface area (TPSA) is 87.9 Å². The van der Waals surface area contributed by atoms with Gasteiger partial charge in [-0.15, -0.1) is 24.8 Å². The summed E-state index contributed by atoms with van der Waals surface area (Å²) in [6.07, 6.45) is 2.70. The highest BCUT2D eigenvalue weighted by Gasteiger charge is 2.32. The van der Waals surface area contributed by atoms with Crippen LogP contribution in [0.1, 0.15) is 19.3 Å². The number of halogens is 2. The predicted octanol–water partition coefficient (Wildman–Crippen LogP) is -0.136. The fraction of sp³-hybridized carbons (Fsp3) is 0.867. The normalized spacial score (nSPS) is 24.0. The van der Waals surface area contributed by atoms with E-state index in [1.54, 1.807) is 7.11 Å². The quantitative estimate of drug-likeness (QED) is 0.622. The van der Waals surface area contributed by atoms with Crippen molar-refractivity contribution in [1.29, 1.82) is 0 Å². The second kappa shape index (κ2) is 11.9. The summed E-state index contributed by atoms with van der Waals surface area (Å²) in [6, 6.07) is 0.186. The molecular weight excluding hydrogens is 355 g/mol. The van der Waals surface area contributed by atoms with Crippen LogP contribution >= 0.6 is 24.8 Å². The molecule has 2 atom stereocenters. The minimum Gasteiger partial charge on any atom is -0.383 e. The van der Waals surface area contributed by atoms with E-state index in [1.807, 2.05) is 4.90 Å². The van der Waals surface area contributed by atoms with E-state index >= 15 is 0 Å². The van der Waals surface area contributed by atoms with E-state index < -0.39 is 0 Å². The molecule has 9 heteroatoms. The van der Waals surface area contributed by atoms with Crippen LogP contribution in [0.5, 0.6) is 0 Å². The number of amides is 2. The highest BCUT2D eigenvalue weighted by molar-refractivity contribution is 5.85. The van der Waals surface area contributed by atoms with Crippen molar-refractivity contribution < 1.29 is 14.3 Å². The van der Waals surface area contributed by atoms with Gasteiger partial charge in [0.2, 0.25) is 11.8 Å². The molecule has 24 heavy (non-hydrogen) atoms. The van der Waals surface area contributed by atoms with E-state index in [4.69, 9.17) is 10.5 Å². The third-order valence-corrected chi connectivity index (χ3v) is 4.50. The van der Waals surface area contributed by atoms with Gasteiger partial charge in [0.1, 0.15) is 0 Å². The molecule has 3 N–H and O–H groups in total. The van der Waals surface area contributed by atoms with Gasteiger partial charge in [-0.05, 0) is 19.3 Å². The van der Waals surface area contributed by atoms with E-state index in [-0.39, 0.29) is 48.6 Å². The van der Waals surface area contributed by atoms with Crippen LogP contribution in [0, 0.1) is 5.92 Å². The summed E-state index contributed by atoms with van der Waals surface area (Å²) in [6.45, 7) is 4.36. The zero-order chi connectivity index (χ0) is 15.9. The maximum absolute atomic E-state index is 12.4. The molecule has 1 heterocycles. The van der Waals surface area contributed by atoms with Crippen LogP contribution in [0.4, 0.5) is 0 Å². The average molecular weight is 385 g/mol. The summed E-state index contributed by atoms with van der Waals surface area (Å²) in [5.74, 6) is 0.370. The number of hydrogen-bond donors (Lipinski definition) is 2. The summed E-state index contributed by atoms with van der Waals surface area (Å²) >= 11 is 0. The van der Waals surface area contributed by atoms with Crippen LogP contribution in [0.3, 0.4) is 0 Å². The highest BCUT2D eigenvalue weighted by atomic mass is 35.5. The Hall–Kier alpha value is -0.600. The van der Waals surface area contributed by atoms with E-state index in [1.165, 1.54) is 0 Å². The van der Waals surface area contributed by atoms with Crippen molar-refractivity contribution in [3.8, 4) is 0 Å². The Bertz CT molecular complexity index is 393. The molecule has 2 unspecified atom stereocenters. The number of ether oxygens (including phenoxy) is 1. The number of carbonyl (C=O) groups excluding carboxylic acids is 2. The van der Waals surface area contributed by atoms with E-state index in [0.717, 1.165) is 32.4 Å². The van der Waals surface area contributed by atoms with Gasteiger partial charge in [0.15, 0.2) is 0 Å². The first-order valence-electron chi connectivity index (χ1n) is 8.12. The number of rotatable bonds is 6. The molecule has 0 bridgehead atoms. The maximum atomic E-state index is 12.4. The van der Waals surface area contributed by atoms with Gasteiger partial charge in [0.05, 0.1) is 13.2 Å². The van der Waals surface area contributed by atoms with Crippen molar-refractivity contribution in [3.05, 3.63) is 0 Å². The Morgan fingerprint density at radius 2 is 1.83 bits per heavy atom. The molecule has 2 amide bonds. The third-order valence-electron chi connectivity index (χ3n) is 4.50. The van der Waals surface area contributed by atoms with Crippen LogP contribution in [0.25, 0.3) is 0 Å². The van der Waals surface area contributed by atoms with Crippen molar-refractivity contribution >= 4 is 36.6 Å². The standard InChI is InChI=1S/C15H28N4O3.2ClH/c1-22-9-4-17-14(20)11-18-5-7-19(8-6-18)15(21)12-2-3-13(16)10-12;;/h12-13H,2-11,16H2,1H3,(H,17,20);2*1H. The lowest BCUT2D eigenvalue weighted by molar-refractivity contribution is -0.137. The molecule has 2 aliphatic rings. The zero-order valence-electron chi connectivity index (χ0n) is 14.2. The Balaban J connectivity index is 0.00000264. The minimum atomic E-state index is 0. The van der Waals surface area contributed by atoms with Crippen LogP contribution in [-0.2, 0) is 14.3 Å². The fourth-order valence-electron chi connectivity index (χ4n) is 3.18. The summed E-state index contributed by atoms with van der Waals surface area (Å²) in [5, 5.41) is 2.81. The molecule has 1 aliphatic carbocycles. The van der Waals surface area contributed by atoms with Crippen molar-refractivity contribution in [2.45, 2.75) is 25.3 Å². The van der Waals surface area contributed by atoms with Gasteiger partial charge in [-0.1, -0.05) is 0 Å². The fourth-order valence-corrected chi connectivity index (χ4v) is 3.18. The molecule has 0 aromatic rings. The van der Waals surface area contributed by atoms with Gasteiger partial charge < -0.3 is 20.7 Å². The highest BCUT2D eigenvalue weighted by Crippen LogP contribution is 2.26. The summed E-state index contributed by atoms with van der Waals surface area (Å²) in [7, 11) is 1.61. The first-order chi connectivity index (χ1) is 10.6. The van der Waals surface area contributed by atoms with Crippen LogP contribution in [0.15, 0.2) is 0 Å². The number of nitrogens with zero attached hydrogens (tertiary/aromatic N) is 2. The molecule has 1 saturated carbocycles. The van der Waals surface area contributed by atoms with Gasteiger partial charge in [-0.25, -0.2) is 0 Å². The first kappa shape index (κ1) is 23.4. The van der Waals surface area contributed by atoms with E-state index in [9.17, 15) is 9.59 Å². The van der Waals surface area contributed by atoms with Gasteiger partial charge in [-0.2, -0.15) is 0 Å². The van der Waals surface area contributed by atoms with E-state index in [2.05, 4.69) is 10.2 Å². The molecule has 2 rings (SSSR count). The van der Waals surface area contributed by atoms with Gasteiger partial charge in [0, 0.05) is 51.8 Å². The van der Waals surface area contributed by atoms with Crippen molar-refractivity contribution in [3.63, 3.8) is 0 Å². The van der Waals surface area contributed by atoms with Crippen LogP contribution in [-0.4, -0.2) is 80.6 Å². The number of hydrogen-bond acceptors (Lipinski definition) is 5. The Morgan fingerprint density at radius 1 is 1.17 bits per heavy atom. The van der Waals surface area contributed by atoms with E-state index in [0.29, 0.717) is 32.8 Å². The van der Waals surface area contributed by atoms with Crippen LogP contribution < -0.4 is 11.1 Å². The number of methoxy groups -OCH3 is 1. The first-order valence-corrected chi connectivity index (χ1v) is 8.12. The molecule has 0 aromatic heterocycles. The number of nitrogens with one attached hydrogen (secondary N) is 1. The largest absolute Gasteiger partial charge is 0.383 e. The summed E-state index contributed by atoms with van der Waals surface area (Å²) < 4.78 is 4.90. The lowest BCUT2D eigenvalue weighted by atomic mass is 10.1. The average Bonchev–Trinajstić information content (AvgIpc) is 2.94. The van der Waals surface area contributed by atoms with Crippen molar-refractivity contribution in [2.75, 3.05) is 53.0 Å². The summed E-state index contributed by atoms with van der Waals surface area (Å²) in [5.41, 5.74) is 5.89. The van der Waals surface area contributed by atoms with Crippen molar-refractivity contribution in [2.24, 2.45) is 11.7 Å². The molecule has 142 valence electrons. The SMILES string of the molecule is COCCNC(=O)CN1CCN(C(=O)C2CCC(N)C2)CC1.Cl.Cl. The predicted molar refractivity (Wildman–Crippen MR) is 97.7 cm³/mol. The molecular formula is C15H30Cl2N4O3. The maximum Gasteiger partial charge on any atom is 0.234 e. The summed E-state index contributed by atoms with van der Waals surface area (Å²) in [4.78, 5) is 28.2. The molecule has 0 spiro atoms. The molecule has 0 aromatic carbocycles. The van der Waals surface area contributed by atoms with Gasteiger partial charge >= 0.3 is 0 Å². The Labute approximate surface area is 156 Å². The van der Waals surface area contributed by atoms with Crippen molar-refractivity contribution in [1.82, 2.24) is 15.1 Å².